The highest BCUT2D eigenvalue weighted by Gasteiger charge is 2.62. The zero-order valence-electron chi connectivity index (χ0n) is 18.5. The third-order valence-electron chi connectivity index (χ3n) is 6.42. The fraction of sp³-hybridized carbons (Fsp3) is 0.409. The number of hydrogen-bond acceptors (Lipinski definition) is 6. The van der Waals surface area contributed by atoms with Gasteiger partial charge in [-0.3, -0.25) is 0 Å². The van der Waals surface area contributed by atoms with Gasteiger partial charge in [0.1, 0.15) is 11.4 Å². The standard InChI is InChI=1S/C22H19F5N6O2/c1-10-3-13-7-21(6-10,19-30-11(2)32-35-19)33(13)20(34)31-17-4-14(18-28-8-12(23)9-29-18)15(5-16(17)24)22(25,26)27/h4-5,8-10,13H,3,6-7H2,1-2H3,(H,31,34)/t10-,13-,21+/m1/s1. The van der Waals surface area contributed by atoms with Gasteiger partial charge in [-0.2, -0.15) is 18.2 Å². The maximum atomic E-state index is 14.8. The van der Waals surface area contributed by atoms with Crippen molar-refractivity contribution in [2.24, 2.45) is 5.92 Å². The Morgan fingerprint density at radius 2 is 1.91 bits per heavy atom. The summed E-state index contributed by atoms with van der Waals surface area (Å²) in [5, 5.41) is 6.19. The zero-order chi connectivity index (χ0) is 25.1. The van der Waals surface area contributed by atoms with Gasteiger partial charge in [0, 0.05) is 18.0 Å². The number of hydrogen-bond donors (Lipinski definition) is 1. The van der Waals surface area contributed by atoms with Crippen LogP contribution in [0.5, 0.6) is 0 Å². The van der Waals surface area contributed by atoms with Gasteiger partial charge in [-0.15, -0.1) is 0 Å². The molecule has 3 aromatic rings. The lowest BCUT2D eigenvalue weighted by atomic mass is 9.64. The molecule has 5 rings (SSSR count). The van der Waals surface area contributed by atoms with Crippen molar-refractivity contribution in [3.63, 3.8) is 0 Å². The molecule has 1 aromatic carbocycles. The average molecular weight is 494 g/mol. The van der Waals surface area contributed by atoms with Gasteiger partial charge in [-0.1, -0.05) is 12.1 Å². The number of amides is 2. The molecular formula is C22H19F5N6O2. The molecule has 8 nitrogen and oxygen atoms in total. The Labute approximate surface area is 195 Å². The van der Waals surface area contributed by atoms with E-state index in [-0.39, 0.29) is 23.9 Å². The van der Waals surface area contributed by atoms with Crippen molar-refractivity contribution in [1.82, 2.24) is 25.0 Å². The summed E-state index contributed by atoms with van der Waals surface area (Å²) in [4.78, 5) is 26.2. The molecule has 0 spiro atoms. The van der Waals surface area contributed by atoms with Crippen LogP contribution < -0.4 is 5.32 Å². The molecule has 0 unspecified atom stereocenters. The molecule has 2 aliphatic rings. The van der Waals surface area contributed by atoms with E-state index in [9.17, 15) is 26.7 Å². The predicted molar refractivity (Wildman–Crippen MR) is 111 cm³/mol. The first-order chi connectivity index (χ1) is 16.5. The lowest BCUT2D eigenvalue weighted by molar-refractivity contribution is -0.137. The van der Waals surface area contributed by atoms with Crippen molar-refractivity contribution in [3.8, 4) is 11.4 Å². The summed E-state index contributed by atoms with van der Waals surface area (Å²) in [6.45, 7) is 3.68. The third-order valence-corrected chi connectivity index (χ3v) is 6.42. The number of fused-ring (bicyclic) bond motifs is 2. The molecule has 2 fully saturated rings. The number of likely N-dealkylation sites (tertiary alicyclic amines) is 1. The molecule has 1 N–H and O–H groups in total. The van der Waals surface area contributed by atoms with E-state index in [0.717, 1.165) is 6.07 Å². The number of aromatic nitrogens is 4. The van der Waals surface area contributed by atoms with Crippen molar-refractivity contribution >= 4 is 11.7 Å². The van der Waals surface area contributed by atoms with E-state index in [1.165, 1.54) is 4.90 Å². The fourth-order valence-electron chi connectivity index (χ4n) is 5.15. The first-order valence-electron chi connectivity index (χ1n) is 10.8. The number of carbonyl (C=O) groups excluding carboxylic acids is 1. The number of carbonyl (C=O) groups is 1. The minimum atomic E-state index is -4.94. The molecule has 1 aliphatic heterocycles. The quantitative estimate of drug-likeness (QED) is 0.511. The highest BCUT2D eigenvalue weighted by atomic mass is 19.4. The van der Waals surface area contributed by atoms with E-state index in [0.29, 0.717) is 37.5 Å². The summed E-state index contributed by atoms with van der Waals surface area (Å²) >= 11 is 0. The number of benzene rings is 1. The van der Waals surface area contributed by atoms with Crippen LogP contribution in [0.15, 0.2) is 29.0 Å². The maximum Gasteiger partial charge on any atom is 0.417 e. The van der Waals surface area contributed by atoms with Gasteiger partial charge in [0.25, 0.3) is 5.89 Å². The van der Waals surface area contributed by atoms with Gasteiger partial charge in [0.15, 0.2) is 17.5 Å². The highest BCUT2D eigenvalue weighted by Crippen LogP contribution is 2.55. The summed E-state index contributed by atoms with van der Waals surface area (Å²) in [6, 6.07) is 0.163. The first kappa shape index (κ1) is 23.1. The van der Waals surface area contributed by atoms with E-state index < -0.39 is 52.0 Å². The van der Waals surface area contributed by atoms with Gasteiger partial charge >= 0.3 is 12.2 Å². The normalized spacial score (nSPS) is 23.7. The highest BCUT2D eigenvalue weighted by molar-refractivity contribution is 5.92. The summed E-state index contributed by atoms with van der Waals surface area (Å²) < 4.78 is 74.2. The number of urea groups is 1. The predicted octanol–water partition coefficient (Wildman–Crippen LogP) is 5.06. The number of nitrogens with zero attached hydrogens (tertiary/aromatic N) is 5. The molecule has 1 aliphatic carbocycles. The Morgan fingerprint density at radius 3 is 2.54 bits per heavy atom. The van der Waals surface area contributed by atoms with Crippen LogP contribution >= 0.6 is 0 Å². The second-order valence-corrected chi connectivity index (χ2v) is 8.98. The lowest BCUT2D eigenvalue weighted by Gasteiger charge is -2.61. The van der Waals surface area contributed by atoms with Crippen molar-refractivity contribution < 1.29 is 31.3 Å². The summed E-state index contributed by atoms with van der Waals surface area (Å²) in [6.07, 6.45) is -1.72. The topological polar surface area (TPSA) is 97.0 Å². The van der Waals surface area contributed by atoms with Crippen LogP contribution in [-0.2, 0) is 11.7 Å². The number of aryl methyl sites for hydroxylation is 1. The van der Waals surface area contributed by atoms with Crippen molar-refractivity contribution in [2.75, 3.05) is 5.32 Å². The average Bonchev–Trinajstić information content (AvgIpc) is 3.21. The van der Waals surface area contributed by atoms with Crippen LogP contribution in [0.1, 0.15) is 43.5 Å². The Balaban J connectivity index is 1.51. The molecule has 3 heterocycles. The Bertz CT molecular complexity index is 1290. The second-order valence-electron chi connectivity index (χ2n) is 8.98. The molecule has 184 valence electrons. The number of nitrogens with one attached hydrogen (secondary N) is 1. The van der Waals surface area contributed by atoms with Crippen molar-refractivity contribution in [1.29, 1.82) is 0 Å². The number of anilines is 1. The van der Waals surface area contributed by atoms with E-state index >= 15 is 0 Å². The number of halogens is 5. The second kappa shape index (κ2) is 7.95. The molecule has 2 aromatic heterocycles. The molecule has 1 saturated heterocycles. The van der Waals surface area contributed by atoms with Gasteiger partial charge < -0.3 is 14.7 Å². The first-order valence-corrected chi connectivity index (χ1v) is 10.8. The largest absolute Gasteiger partial charge is 0.417 e. The van der Waals surface area contributed by atoms with Gasteiger partial charge in [0.2, 0.25) is 0 Å². The van der Waals surface area contributed by atoms with Gasteiger partial charge in [-0.05, 0) is 37.8 Å². The molecule has 2 bridgehead atoms. The molecule has 13 heteroatoms. The molecule has 0 radical (unpaired) electrons. The molecule has 35 heavy (non-hydrogen) atoms. The Hall–Kier alpha value is -3.64. The van der Waals surface area contributed by atoms with Crippen molar-refractivity contribution in [3.05, 3.63) is 53.4 Å². The monoisotopic (exact) mass is 494 g/mol. The van der Waals surface area contributed by atoms with Crippen LogP contribution in [-0.4, -0.2) is 37.1 Å². The SMILES string of the molecule is Cc1noc([C@]23C[C@H](C)C[C@H](C2)N3C(=O)Nc2cc(-c3ncc(F)cn3)c(C(F)(F)F)cc2F)n1. The Morgan fingerprint density at radius 1 is 1.20 bits per heavy atom. The van der Waals surface area contributed by atoms with E-state index in [2.05, 4.69) is 25.4 Å². The van der Waals surface area contributed by atoms with Crippen LogP contribution in [0, 0.1) is 24.5 Å². The van der Waals surface area contributed by atoms with Crippen LogP contribution in [0.3, 0.4) is 0 Å². The maximum absolute atomic E-state index is 14.8. The molecule has 1 saturated carbocycles. The van der Waals surface area contributed by atoms with Crippen LogP contribution in [0.4, 0.5) is 32.4 Å². The van der Waals surface area contributed by atoms with E-state index in [1.807, 2.05) is 6.92 Å². The lowest BCUT2D eigenvalue weighted by Crippen LogP contribution is -2.70. The number of alkyl halides is 3. The smallest absolute Gasteiger partial charge is 0.337 e. The fourth-order valence-corrected chi connectivity index (χ4v) is 5.15. The van der Waals surface area contributed by atoms with Crippen LogP contribution in [0.25, 0.3) is 11.4 Å². The summed E-state index contributed by atoms with van der Waals surface area (Å²) in [5.41, 5.74) is -3.33. The molecule has 2 amide bonds. The van der Waals surface area contributed by atoms with Crippen LogP contribution in [0.2, 0.25) is 0 Å². The Kier molecular flexibility index (Phi) is 5.25. The minimum Gasteiger partial charge on any atom is -0.337 e. The zero-order valence-corrected chi connectivity index (χ0v) is 18.5. The summed E-state index contributed by atoms with van der Waals surface area (Å²) in [5.74, 6) is -1.69. The molecular weight excluding hydrogens is 475 g/mol. The molecule has 3 atom stereocenters. The third kappa shape index (κ3) is 3.88. The van der Waals surface area contributed by atoms with E-state index in [4.69, 9.17) is 4.52 Å². The minimum absolute atomic E-state index is 0.177. The van der Waals surface area contributed by atoms with Crippen molar-refractivity contribution in [2.45, 2.75) is 50.9 Å². The van der Waals surface area contributed by atoms with E-state index in [1.54, 1.807) is 6.92 Å². The van der Waals surface area contributed by atoms with Gasteiger partial charge in [0.05, 0.1) is 23.6 Å². The number of rotatable bonds is 3. The summed E-state index contributed by atoms with van der Waals surface area (Å²) in [7, 11) is 0. The van der Waals surface area contributed by atoms with Gasteiger partial charge in [-0.25, -0.2) is 23.5 Å². The number of piperidine rings is 1.